The first-order chi connectivity index (χ1) is 6.65. The van der Waals surface area contributed by atoms with E-state index < -0.39 is 5.97 Å². The summed E-state index contributed by atoms with van der Waals surface area (Å²) in [6, 6.07) is 0.0739. The normalized spacial score (nSPS) is 23.4. The fourth-order valence-corrected chi connectivity index (χ4v) is 1.70. The highest BCUT2D eigenvalue weighted by Crippen LogP contribution is 2.16. The van der Waals surface area contributed by atoms with Gasteiger partial charge >= 0.3 is 5.97 Å². The van der Waals surface area contributed by atoms with Gasteiger partial charge in [-0.15, -0.1) is 0 Å². The molecule has 80 valence electrons. The fraction of sp³-hybridized carbons (Fsp3) is 0.700. The summed E-state index contributed by atoms with van der Waals surface area (Å²) in [6.45, 7) is 8.94. The number of nitrogens with zero attached hydrogens (tertiary/aromatic N) is 1. The van der Waals surface area contributed by atoms with Crippen LogP contribution < -0.4 is 0 Å². The Kier molecular flexibility index (Phi) is 4.10. The zero-order valence-corrected chi connectivity index (χ0v) is 8.53. The first kappa shape index (κ1) is 11.2. The first-order valence-electron chi connectivity index (χ1n) is 4.86. The zero-order valence-electron chi connectivity index (χ0n) is 8.53. The van der Waals surface area contributed by atoms with Gasteiger partial charge in [-0.3, -0.25) is 9.69 Å². The van der Waals surface area contributed by atoms with Crippen LogP contribution in [0.3, 0.4) is 0 Å². The van der Waals surface area contributed by atoms with Crippen LogP contribution in [0.4, 0.5) is 0 Å². The third-order valence-electron chi connectivity index (χ3n) is 2.50. The van der Waals surface area contributed by atoms with Crippen LogP contribution in [0.25, 0.3) is 0 Å². The van der Waals surface area contributed by atoms with Gasteiger partial charge in [-0.1, -0.05) is 13.5 Å². The van der Waals surface area contributed by atoms with E-state index in [-0.39, 0.29) is 12.5 Å². The van der Waals surface area contributed by atoms with E-state index in [1.54, 1.807) is 0 Å². The standard InChI is InChI=1S/C10H17NO3/c1-3-11-4-5-14-7-9(11)8(2)6-10(12)13/h9H,2-7H2,1H3,(H,12,13)/t9-/m1/s1. The van der Waals surface area contributed by atoms with E-state index in [2.05, 4.69) is 18.4 Å². The quantitative estimate of drug-likeness (QED) is 0.678. The summed E-state index contributed by atoms with van der Waals surface area (Å²) < 4.78 is 5.32. The van der Waals surface area contributed by atoms with Crippen LogP contribution in [0.2, 0.25) is 0 Å². The van der Waals surface area contributed by atoms with Gasteiger partial charge in [0, 0.05) is 6.54 Å². The minimum absolute atomic E-state index is 0.0323. The van der Waals surface area contributed by atoms with Crippen molar-refractivity contribution in [3.63, 3.8) is 0 Å². The Morgan fingerprint density at radius 2 is 2.43 bits per heavy atom. The van der Waals surface area contributed by atoms with Gasteiger partial charge in [-0.2, -0.15) is 0 Å². The Labute approximate surface area is 84.2 Å². The number of rotatable bonds is 4. The molecule has 14 heavy (non-hydrogen) atoms. The van der Waals surface area contributed by atoms with Crippen molar-refractivity contribution >= 4 is 5.97 Å². The molecule has 0 aromatic rings. The molecule has 1 saturated heterocycles. The third kappa shape index (κ3) is 2.82. The number of likely N-dealkylation sites (N-methyl/N-ethyl adjacent to an activating group) is 1. The van der Waals surface area contributed by atoms with E-state index in [1.165, 1.54) is 0 Å². The highest BCUT2D eigenvalue weighted by atomic mass is 16.5. The van der Waals surface area contributed by atoms with Crippen molar-refractivity contribution in [2.24, 2.45) is 0 Å². The summed E-state index contributed by atoms with van der Waals surface area (Å²) in [5.41, 5.74) is 0.735. The van der Waals surface area contributed by atoms with Gasteiger partial charge in [0.2, 0.25) is 0 Å². The first-order valence-corrected chi connectivity index (χ1v) is 4.86. The maximum atomic E-state index is 10.5. The molecule has 1 N–H and O–H groups in total. The molecule has 1 heterocycles. The maximum Gasteiger partial charge on any atom is 0.307 e. The molecule has 4 heteroatoms. The molecule has 0 unspecified atom stereocenters. The van der Waals surface area contributed by atoms with Crippen molar-refractivity contribution < 1.29 is 14.6 Å². The lowest BCUT2D eigenvalue weighted by atomic mass is 10.0. The molecular weight excluding hydrogens is 182 g/mol. The van der Waals surface area contributed by atoms with E-state index in [0.29, 0.717) is 6.61 Å². The van der Waals surface area contributed by atoms with Crippen molar-refractivity contribution in [3.05, 3.63) is 12.2 Å². The lowest BCUT2D eigenvalue weighted by Crippen LogP contribution is -2.46. The molecule has 0 saturated carbocycles. The van der Waals surface area contributed by atoms with Crippen LogP contribution in [0, 0.1) is 0 Å². The van der Waals surface area contributed by atoms with E-state index in [1.807, 2.05) is 0 Å². The van der Waals surface area contributed by atoms with Gasteiger partial charge in [-0.25, -0.2) is 0 Å². The second kappa shape index (κ2) is 5.12. The molecule has 0 aromatic heterocycles. The van der Waals surface area contributed by atoms with Gasteiger partial charge in [0.15, 0.2) is 0 Å². The molecule has 1 fully saturated rings. The van der Waals surface area contributed by atoms with Gasteiger partial charge in [0.25, 0.3) is 0 Å². The van der Waals surface area contributed by atoms with Crippen LogP contribution in [0.5, 0.6) is 0 Å². The average molecular weight is 199 g/mol. The van der Waals surface area contributed by atoms with Gasteiger partial charge in [0.05, 0.1) is 25.7 Å². The topological polar surface area (TPSA) is 49.8 Å². The van der Waals surface area contributed by atoms with Gasteiger partial charge in [0.1, 0.15) is 0 Å². The Morgan fingerprint density at radius 1 is 1.71 bits per heavy atom. The van der Waals surface area contributed by atoms with Crippen LogP contribution in [-0.2, 0) is 9.53 Å². The van der Waals surface area contributed by atoms with Crippen LogP contribution in [0.1, 0.15) is 13.3 Å². The highest BCUT2D eigenvalue weighted by molar-refractivity contribution is 5.70. The number of hydrogen-bond acceptors (Lipinski definition) is 3. The molecule has 0 bridgehead atoms. The van der Waals surface area contributed by atoms with Crippen LogP contribution >= 0.6 is 0 Å². The number of morpholine rings is 1. The summed E-state index contributed by atoms with van der Waals surface area (Å²) in [6.07, 6.45) is 0.0323. The maximum absolute atomic E-state index is 10.5. The van der Waals surface area contributed by atoms with Crippen molar-refractivity contribution in [1.29, 1.82) is 0 Å². The second-order valence-corrected chi connectivity index (χ2v) is 3.45. The SMILES string of the molecule is C=C(CC(=O)O)[C@H]1COCCN1CC. The number of hydrogen-bond donors (Lipinski definition) is 1. The van der Waals surface area contributed by atoms with Gasteiger partial charge in [-0.05, 0) is 12.1 Å². The average Bonchev–Trinajstić information content (AvgIpc) is 2.16. The predicted octanol–water partition coefficient (Wildman–Crippen LogP) is 0.738. The lowest BCUT2D eigenvalue weighted by molar-refractivity contribution is -0.136. The minimum Gasteiger partial charge on any atom is -0.481 e. The summed E-state index contributed by atoms with van der Waals surface area (Å²) in [7, 11) is 0. The molecule has 0 spiro atoms. The van der Waals surface area contributed by atoms with Crippen molar-refractivity contribution in [2.45, 2.75) is 19.4 Å². The van der Waals surface area contributed by atoms with Crippen LogP contribution in [0.15, 0.2) is 12.2 Å². The zero-order chi connectivity index (χ0) is 10.6. The van der Waals surface area contributed by atoms with Crippen LogP contribution in [-0.4, -0.2) is 48.3 Å². The van der Waals surface area contributed by atoms with E-state index in [4.69, 9.17) is 9.84 Å². The smallest absolute Gasteiger partial charge is 0.307 e. The molecule has 1 aliphatic heterocycles. The largest absolute Gasteiger partial charge is 0.481 e. The number of carboxylic acid groups (broad SMARTS) is 1. The summed E-state index contributed by atoms with van der Waals surface area (Å²) in [5, 5.41) is 8.65. The monoisotopic (exact) mass is 199 g/mol. The van der Waals surface area contributed by atoms with Crippen molar-refractivity contribution in [1.82, 2.24) is 4.90 Å². The highest BCUT2D eigenvalue weighted by Gasteiger charge is 2.24. The van der Waals surface area contributed by atoms with E-state index >= 15 is 0 Å². The van der Waals surface area contributed by atoms with E-state index in [0.717, 1.165) is 25.3 Å². The molecule has 0 aliphatic carbocycles. The Hall–Kier alpha value is -0.870. The number of ether oxygens (including phenoxy) is 1. The molecule has 0 amide bonds. The Morgan fingerprint density at radius 3 is 3.00 bits per heavy atom. The summed E-state index contributed by atoms with van der Waals surface area (Å²) in [4.78, 5) is 12.7. The number of carboxylic acids is 1. The van der Waals surface area contributed by atoms with Gasteiger partial charge < -0.3 is 9.84 Å². The number of carbonyl (C=O) groups is 1. The Bertz CT molecular complexity index is 227. The number of aliphatic carboxylic acids is 1. The predicted molar refractivity (Wildman–Crippen MR) is 53.2 cm³/mol. The molecule has 1 aliphatic rings. The molecule has 1 atom stereocenters. The molecule has 4 nitrogen and oxygen atoms in total. The third-order valence-corrected chi connectivity index (χ3v) is 2.50. The molecule has 1 rings (SSSR count). The summed E-state index contributed by atoms with van der Waals surface area (Å²) >= 11 is 0. The summed E-state index contributed by atoms with van der Waals surface area (Å²) in [5.74, 6) is -0.823. The lowest BCUT2D eigenvalue weighted by Gasteiger charge is -2.35. The molecular formula is C10H17NO3. The fourth-order valence-electron chi connectivity index (χ4n) is 1.70. The second-order valence-electron chi connectivity index (χ2n) is 3.45. The minimum atomic E-state index is -0.823. The molecule has 0 radical (unpaired) electrons. The Balaban J connectivity index is 2.54. The van der Waals surface area contributed by atoms with E-state index in [9.17, 15) is 4.79 Å². The molecule has 0 aromatic carbocycles. The van der Waals surface area contributed by atoms with Crippen molar-refractivity contribution in [2.75, 3.05) is 26.3 Å². The van der Waals surface area contributed by atoms with Crippen molar-refractivity contribution in [3.8, 4) is 0 Å².